The molecular formula is C7H14N2O. The first-order valence-electron chi connectivity index (χ1n) is 3.61. The Morgan fingerprint density at radius 1 is 1.60 bits per heavy atom. The van der Waals surface area contributed by atoms with Crippen LogP contribution < -0.4 is 5.43 Å². The molecule has 0 aliphatic rings. The van der Waals surface area contributed by atoms with Crippen molar-refractivity contribution in [3.8, 4) is 0 Å². The number of amides is 1. The van der Waals surface area contributed by atoms with Crippen molar-refractivity contribution in [2.24, 2.45) is 5.10 Å². The lowest BCUT2D eigenvalue weighted by atomic mass is 10.3. The van der Waals surface area contributed by atoms with Gasteiger partial charge in [0.05, 0.1) is 0 Å². The van der Waals surface area contributed by atoms with Crippen molar-refractivity contribution in [3.05, 3.63) is 0 Å². The number of carbonyl (C=O) groups excluding carboxylic acids is 1. The Labute approximate surface area is 61.5 Å². The quantitative estimate of drug-likeness (QED) is 0.466. The van der Waals surface area contributed by atoms with Crippen LogP contribution in [0.15, 0.2) is 5.10 Å². The highest BCUT2D eigenvalue weighted by Gasteiger charge is 1.93. The first-order valence-corrected chi connectivity index (χ1v) is 3.61. The zero-order chi connectivity index (χ0) is 7.82. The van der Waals surface area contributed by atoms with Gasteiger partial charge in [-0.15, -0.1) is 0 Å². The standard InChI is InChI=1S/C7H14N2O/c1-3-5-7(10)9-8-6-4-2/h6H,3-5H2,1-2H3,(H,9,10)/b8-6-. The van der Waals surface area contributed by atoms with Gasteiger partial charge in [0, 0.05) is 12.6 Å². The molecule has 0 aliphatic heterocycles. The van der Waals surface area contributed by atoms with Gasteiger partial charge < -0.3 is 0 Å². The van der Waals surface area contributed by atoms with Crippen molar-refractivity contribution >= 4 is 12.1 Å². The van der Waals surface area contributed by atoms with E-state index in [2.05, 4.69) is 10.5 Å². The maximum absolute atomic E-state index is 10.7. The Morgan fingerprint density at radius 3 is 2.80 bits per heavy atom. The third-order valence-corrected chi connectivity index (χ3v) is 0.940. The molecular weight excluding hydrogens is 128 g/mol. The monoisotopic (exact) mass is 142 g/mol. The lowest BCUT2D eigenvalue weighted by Crippen LogP contribution is -2.16. The molecule has 0 radical (unpaired) electrons. The largest absolute Gasteiger partial charge is 0.273 e. The van der Waals surface area contributed by atoms with Crippen molar-refractivity contribution < 1.29 is 4.79 Å². The van der Waals surface area contributed by atoms with Gasteiger partial charge in [0.1, 0.15) is 0 Å². The van der Waals surface area contributed by atoms with Gasteiger partial charge in [-0.2, -0.15) is 5.10 Å². The number of hydrogen-bond donors (Lipinski definition) is 1. The van der Waals surface area contributed by atoms with Gasteiger partial charge in [-0.3, -0.25) is 4.79 Å². The van der Waals surface area contributed by atoms with Gasteiger partial charge in [0.2, 0.25) is 5.91 Å². The van der Waals surface area contributed by atoms with Crippen LogP contribution >= 0.6 is 0 Å². The molecule has 0 aliphatic carbocycles. The summed E-state index contributed by atoms with van der Waals surface area (Å²) in [5, 5.41) is 3.68. The number of nitrogens with zero attached hydrogens (tertiary/aromatic N) is 1. The van der Waals surface area contributed by atoms with Gasteiger partial charge in [-0.05, 0) is 12.8 Å². The lowest BCUT2D eigenvalue weighted by molar-refractivity contribution is -0.121. The topological polar surface area (TPSA) is 41.5 Å². The third-order valence-electron chi connectivity index (χ3n) is 0.940. The predicted molar refractivity (Wildman–Crippen MR) is 41.8 cm³/mol. The maximum Gasteiger partial charge on any atom is 0.240 e. The Morgan fingerprint density at radius 2 is 2.30 bits per heavy atom. The molecule has 10 heavy (non-hydrogen) atoms. The molecule has 3 nitrogen and oxygen atoms in total. The highest BCUT2D eigenvalue weighted by molar-refractivity contribution is 5.76. The van der Waals surface area contributed by atoms with Crippen molar-refractivity contribution in [2.45, 2.75) is 33.1 Å². The molecule has 0 atom stereocenters. The summed E-state index contributed by atoms with van der Waals surface area (Å²) in [6.07, 6.45) is 3.95. The molecule has 0 aromatic rings. The van der Waals surface area contributed by atoms with Crippen LogP contribution in [0.4, 0.5) is 0 Å². The average Bonchev–Trinajstić information content (AvgIpc) is 1.89. The zero-order valence-corrected chi connectivity index (χ0v) is 6.55. The summed E-state index contributed by atoms with van der Waals surface area (Å²) in [6.45, 7) is 3.93. The highest BCUT2D eigenvalue weighted by Crippen LogP contribution is 1.84. The number of hydrogen-bond acceptors (Lipinski definition) is 2. The fourth-order valence-electron chi connectivity index (χ4n) is 0.492. The minimum absolute atomic E-state index is 0.00722. The van der Waals surface area contributed by atoms with Crippen LogP contribution in [0, 0.1) is 0 Å². The van der Waals surface area contributed by atoms with Gasteiger partial charge in [-0.25, -0.2) is 5.43 Å². The molecule has 1 N–H and O–H groups in total. The fourth-order valence-corrected chi connectivity index (χ4v) is 0.492. The summed E-state index contributed by atoms with van der Waals surface area (Å²) in [5.74, 6) is -0.00722. The number of nitrogens with one attached hydrogen (secondary N) is 1. The van der Waals surface area contributed by atoms with E-state index in [9.17, 15) is 4.79 Å². The van der Waals surface area contributed by atoms with E-state index in [0.29, 0.717) is 6.42 Å². The van der Waals surface area contributed by atoms with Gasteiger partial charge in [0.25, 0.3) is 0 Å². The lowest BCUT2D eigenvalue weighted by Gasteiger charge is -1.93. The maximum atomic E-state index is 10.7. The summed E-state index contributed by atoms with van der Waals surface area (Å²) >= 11 is 0. The molecule has 0 saturated carbocycles. The highest BCUT2D eigenvalue weighted by atomic mass is 16.2. The summed E-state index contributed by atoms with van der Waals surface area (Å²) in [6, 6.07) is 0. The molecule has 0 saturated heterocycles. The van der Waals surface area contributed by atoms with Crippen LogP contribution in [-0.2, 0) is 4.79 Å². The van der Waals surface area contributed by atoms with Gasteiger partial charge >= 0.3 is 0 Å². The number of carbonyl (C=O) groups is 1. The van der Waals surface area contributed by atoms with Crippen LogP contribution in [0.2, 0.25) is 0 Å². The Balaban J connectivity index is 3.30. The zero-order valence-electron chi connectivity index (χ0n) is 6.55. The van der Waals surface area contributed by atoms with Crippen molar-refractivity contribution in [3.63, 3.8) is 0 Å². The van der Waals surface area contributed by atoms with E-state index in [-0.39, 0.29) is 5.91 Å². The Hall–Kier alpha value is -0.860. The molecule has 0 aromatic carbocycles. The predicted octanol–water partition coefficient (Wildman–Crippen LogP) is 1.30. The van der Waals surface area contributed by atoms with Crippen molar-refractivity contribution in [1.29, 1.82) is 0 Å². The second-order valence-electron chi connectivity index (χ2n) is 2.00. The SMILES string of the molecule is CC/C=N\NC(=O)CCC. The van der Waals surface area contributed by atoms with E-state index in [4.69, 9.17) is 0 Å². The molecule has 58 valence electrons. The smallest absolute Gasteiger partial charge is 0.240 e. The average molecular weight is 142 g/mol. The van der Waals surface area contributed by atoms with Crippen molar-refractivity contribution in [2.75, 3.05) is 0 Å². The number of hydrazone groups is 1. The molecule has 0 bridgehead atoms. The van der Waals surface area contributed by atoms with Crippen LogP contribution in [0.25, 0.3) is 0 Å². The normalized spacial score (nSPS) is 10.2. The van der Waals surface area contributed by atoms with Gasteiger partial charge in [0.15, 0.2) is 0 Å². The van der Waals surface area contributed by atoms with Crippen LogP contribution in [0.1, 0.15) is 33.1 Å². The van der Waals surface area contributed by atoms with E-state index in [1.54, 1.807) is 6.21 Å². The van der Waals surface area contributed by atoms with Crippen LogP contribution in [0.3, 0.4) is 0 Å². The van der Waals surface area contributed by atoms with E-state index in [1.807, 2.05) is 13.8 Å². The summed E-state index contributed by atoms with van der Waals surface area (Å²) < 4.78 is 0. The molecule has 0 spiro atoms. The molecule has 0 fully saturated rings. The second-order valence-corrected chi connectivity index (χ2v) is 2.00. The minimum Gasteiger partial charge on any atom is -0.273 e. The molecule has 0 rings (SSSR count). The van der Waals surface area contributed by atoms with E-state index >= 15 is 0 Å². The fraction of sp³-hybridized carbons (Fsp3) is 0.714. The molecule has 0 aromatic heterocycles. The molecule has 1 amide bonds. The molecule has 0 heterocycles. The second kappa shape index (κ2) is 6.26. The molecule has 0 unspecified atom stereocenters. The van der Waals surface area contributed by atoms with Crippen LogP contribution in [0.5, 0.6) is 0 Å². The Kier molecular flexibility index (Phi) is 5.72. The summed E-state index contributed by atoms with van der Waals surface area (Å²) in [5.41, 5.74) is 2.42. The third kappa shape index (κ3) is 5.28. The van der Waals surface area contributed by atoms with Crippen molar-refractivity contribution in [1.82, 2.24) is 5.43 Å². The Bertz CT molecular complexity index is 121. The molecule has 3 heteroatoms. The summed E-state index contributed by atoms with van der Waals surface area (Å²) in [4.78, 5) is 10.7. The number of rotatable bonds is 4. The van der Waals surface area contributed by atoms with Crippen LogP contribution in [-0.4, -0.2) is 12.1 Å². The van der Waals surface area contributed by atoms with E-state index in [0.717, 1.165) is 12.8 Å². The first kappa shape index (κ1) is 9.14. The van der Waals surface area contributed by atoms with E-state index in [1.165, 1.54) is 0 Å². The summed E-state index contributed by atoms with van der Waals surface area (Å²) in [7, 11) is 0. The van der Waals surface area contributed by atoms with E-state index < -0.39 is 0 Å². The van der Waals surface area contributed by atoms with Gasteiger partial charge in [-0.1, -0.05) is 13.8 Å². The minimum atomic E-state index is -0.00722. The first-order chi connectivity index (χ1) is 4.81.